The number of aliphatic hydroxyl groups is 2. The Morgan fingerprint density at radius 1 is 0.941 bits per heavy atom. The molecule has 4 aliphatic carbocycles. The lowest BCUT2D eigenvalue weighted by Crippen LogP contribution is -2.58. The second-order valence-electron chi connectivity index (χ2n) is 14.1. The fourth-order valence-corrected chi connectivity index (χ4v) is 9.79. The van der Waals surface area contributed by atoms with Gasteiger partial charge in [-0.2, -0.15) is 0 Å². The molecule has 4 saturated carbocycles. The number of hydrogen-bond donors (Lipinski definition) is 2. The number of aliphatic hydroxyl groups excluding tert-OH is 2. The fraction of sp³-hybridized carbons (Fsp3) is 0.967. The van der Waals surface area contributed by atoms with Crippen LogP contribution in [0, 0.1) is 52.3 Å². The SMILES string of the molecule is CC(=O)OC(C)(C)C(C)CCC(C)C1CCC2C3CC(O)C4CC(O)CCC4(C)C3CCC12C. The summed E-state index contributed by atoms with van der Waals surface area (Å²) >= 11 is 0. The van der Waals surface area contributed by atoms with Gasteiger partial charge in [-0.25, -0.2) is 0 Å². The normalized spacial score (nSPS) is 46.1. The number of ether oxygens (including phenoxy) is 1. The molecule has 0 aromatic rings. The predicted octanol–water partition coefficient (Wildman–Crippen LogP) is 6.37. The average Bonchev–Trinajstić information content (AvgIpc) is 3.09. The van der Waals surface area contributed by atoms with Crippen molar-refractivity contribution in [3.63, 3.8) is 0 Å². The fourth-order valence-electron chi connectivity index (χ4n) is 9.79. The maximum Gasteiger partial charge on any atom is 0.303 e. The lowest BCUT2D eigenvalue weighted by molar-refractivity contribution is -0.172. The van der Waals surface area contributed by atoms with Crippen LogP contribution in [0.1, 0.15) is 113 Å². The monoisotopic (exact) mass is 476 g/mol. The van der Waals surface area contributed by atoms with E-state index in [1.165, 1.54) is 39.0 Å². The summed E-state index contributed by atoms with van der Waals surface area (Å²) in [6.07, 6.45) is 10.8. The van der Waals surface area contributed by atoms with E-state index in [2.05, 4.69) is 27.7 Å². The van der Waals surface area contributed by atoms with E-state index in [9.17, 15) is 15.0 Å². The Morgan fingerprint density at radius 2 is 1.59 bits per heavy atom. The lowest BCUT2D eigenvalue weighted by atomic mass is 9.43. The van der Waals surface area contributed by atoms with Crippen molar-refractivity contribution in [2.24, 2.45) is 52.3 Å². The molecule has 34 heavy (non-hydrogen) atoms. The van der Waals surface area contributed by atoms with E-state index in [0.717, 1.165) is 43.9 Å². The smallest absolute Gasteiger partial charge is 0.303 e. The van der Waals surface area contributed by atoms with Crippen LogP contribution in [-0.4, -0.2) is 34.0 Å². The first-order valence-electron chi connectivity index (χ1n) is 14.3. The lowest BCUT2D eigenvalue weighted by Gasteiger charge is -2.62. The summed E-state index contributed by atoms with van der Waals surface area (Å²) < 4.78 is 5.61. The van der Waals surface area contributed by atoms with Crippen molar-refractivity contribution in [2.75, 3.05) is 0 Å². The van der Waals surface area contributed by atoms with Gasteiger partial charge in [0.05, 0.1) is 12.2 Å². The Kier molecular flexibility index (Phi) is 7.28. The number of hydrogen-bond acceptors (Lipinski definition) is 4. The minimum absolute atomic E-state index is 0.189. The molecule has 4 nitrogen and oxygen atoms in total. The van der Waals surface area contributed by atoms with Crippen LogP contribution in [0.3, 0.4) is 0 Å². The third-order valence-electron chi connectivity index (χ3n) is 12.1. The number of esters is 1. The molecular formula is C30H52O4. The van der Waals surface area contributed by atoms with Gasteiger partial charge in [0.2, 0.25) is 0 Å². The van der Waals surface area contributed by atoms with Crippen LogP contribution >= 0.6 is 0 Å². The molecule has 4 rings (SSSR count). The van der Waals surface area contributed by atoms with Gasteiger partial charge >= 0.3 is 5.97 Å². The third-order valence-corrected chi connectivity index (χ3v) is 12.1. The summed E-state index contributed by atoms with van der Waals surface area (Å²) in [5, 5.41) is 21.6. The van der Waals surface area contributed by atoms with Gasteiger partial charge in [0.1, 0.15) is 5.60 Å². The van der Waals surface area contributed by atoms with Crippen LogP contribution in [0.5, 0.6) is 0 Å². The molecule has 4 heteroatoms. The minimum atomic E-state index is -0.413. The molecule has 11 unspecified atom stereocenters. The highest BCUT2D eigenvalue weighted by molar-refractivity contribution is 5.66. The first-order valence-corrected chi connectivity index (χ1v) is 14.3. The van der Waals surface area contributed by atoms with E-state index in [1.807, 2.05) is 13.8 Å². The summed E-state index contributed by atoms with van der Waals surface area (Å²) in [4.78, 5) is 11.5. The molecule has 196 valence electrons. The Balaban J connectivity index is 1.44. The van der Waals surface area contributed by atoms with Gasteiger partial charge in [-0.3, -0.25) is 4.79 Å². The van der Waals surface area contributed by atoms with Gasteiger partial charge in [-0.1, -0.05) is 34.1 Å². The molecule has 0 heterocycles. The molecule has 11 atom stereocenters. The van der Waals surface area contributed by atoms with E-state index in [0.29, 0.717) is 29.1 Å². The highest BCUT2D eigenvalue weighted by Gasteiger charge is 2.62. The number of carbonyl (C=O) groups is 1. The van der Waals surface area contributed by atoms with E-state index < -0.39 is 5.60 Å². The Labute approximate surface area is 208 Å². The van der Waals surface area contributed by atoms with Gasteiger partial charge in [0.15, 0.2) is 0 Å². The molecule has 0 bridgehead atoms. The number of carbonyl (C=O) groups excluding carboxylic acids is 1. The molecule has 4 aliphatic rings. The summed E-state index contributed by atoms with van der Waals surface area (Å²) in [7, 11) is 0. The summed E-state index contributed by atoms with van der Waals surface area (Å²) in [6.45, 7) is 15.3. The van der Waals surface area contributed by atoms with Crippen LogP contribution in [0.25, 0.3) is 0 Å². The second kappa shape index (κ2) is 9.36. The highest BCUT2D eigenvalue weighted by Crippen LogP contribution is 2.68. The Morgan fingerprint density at radius 3 is 2.26 bits per heavy atom. The molecule has 0 aromatic heterocycles. The van der Waals surface area contributed by atoms with Crippen molar-refractivity contribution < 1.29 is 19.7 Å². The van der Waals surface area contributed by atoms with Crippen molar-refractivity contribution in [3.05, 3.63) is 0 Å². The highest BCUT2D eigenvalue weighted by atomic mass is 16.6. The van der Waals surface area contributed by atoms with E-state index in [-0.39, 0.29) is 29.5 Å². The van der Waals surface area contributed by atoms with E-state index >= 15 is 0 Å². The van der Waals surface area contributed by atoms with Gasteiger partial charge in [-0.05, 0) is 124 Å². The average molecular weight is 477 g/mol. The van der Waals surface area contributed by atoms with Gasteiger partial charge in [0, 0.05) is 6.92 Å². The molecular weight excluding hydrogens is 424 g/mol. The molecule has 0 amide bonds. The van der Waals surface area contributed by atoms with Gasteiger partial charge in [-0.15, -0.1) is 0 Å². The van der Waals surface area contributed by atoms with Crippen molar-refractivity contribution in [2.45, 2.75) is 130 Å². The van der Waals surface area contributed by atoms with Crippen LogP contribution < -0.4 is 0 Å². The summed E-state index contributed by atoms with van der Waals surface area (Å²) in [5.74, 6) is 3.93. The van der Waals surface area contributed by atoms with Crippen molar-refractivity contribution in [1.29, 1.82) is 0 Å². The first-order chi connectivity index (χ1) is 15.8. The van der Waals surface area contributed by atoms with Gasteiger partial charge < -0.3 is 14.9 Å². The molecule has 2 N–H and O–H groups in total. The third kappa shape index (κ3) is 4.49. The molecule has 0 radical (unpaired) electrons. The zero-order valence-corrected chi connectivity index (χ0v) is 23.0. The number of rotatable bonds is 6. The first kappa shape index (κ1) is 26.5. The van der Waals surface area contributed by atoms with Crippen molar-refractivity contribution in [3.8, 4) is 0 Å². The Hall–Kier alpha value is -0.610. The maximum atomic E-state index is 11.5. The number of fused-ring (bicyclic) bond motifs is 5. The standard InChI is InChI=1S/C30H52O4/c1-18(8-9-19(2)28(4,5)34-20(3)31)23-10-11-24-22-17-27(33)26-16-21(32)12-14-30(26,7)25(22)13-15-29(23,24)6/h18-19,21-27,32-33H,8-17H2,1-7H3. The van der Waals surface area contributed by atoms with Crippen LogP contribution in [-0.2, 0) is 9.53 Å². The van der Waals surface area contributed by atoms with Crippen LogP contribution in [0.4, 0.5) is 0 Å². The predicted molar refractivity (Wildman–Crippen MR) is 136 cm³/mol. The van der Waals surface area contributed by atoms with E-state index in [1.54, 1.807) is 0 Å². The van der Waals surface area contributed by atoms with E-state index in [4.69, 9.17) is 4.74 Å². The largest absolute Gasteiger partial charge is 0.460 e. The Bertz CT molecular complexity index is 748. The quantitative estimate of drug-likeness (QED) is 0.437. The molecule has 0 aliphatic heterocycles. The second-order valence-corrected chi connectivity index (χ2v) is 14.1. The molecule has 0 saturated heterocycles. The van der Waals surface area contributed by atoms with Gasteiger partial charge in [0.25, 0.3) is 0 Å². The zero-order valence-electron chi connectivity index (χ0n) is 23.0. The zero-order chi connectivity index (χ0) is 25.1. The van der Waals surface area contributed by atoms with Crippen molar-refractivity contribution >= 4 is 5.97 Å². The molecule has 4 fully saturated rings. The molecule has 0 spiro atoms. The van der Waals surface area contributed by atoms with Crippen LogP contribution in [0.15, 0.2) is 0 Å². The van der Waals surface area contributed by atoms with Crippen molar-refractivity contribution in [1.82, 2.24) is 0 Å². The topological polar surface area (TPSA) is 66.8 Å². The molecule has 0 aromatic carbocycles. The summed E-state index contributed by atoms with van der Waals surface area (Å²) in [6, 6.07) is 0. The van der Waals surface area contributed by atoms with Crippen LogP contribution in [0.2, 0.25) is 0 Å². The maximum absolute atomic E-state index is 11.5. The summed E-state index contributed by atoms with van der Waals surface area (Å²) in [5.41, 5.74) is 0.167. The minimum Gasteiger partial charge on any atom is -0.460 e.